The van der Waals surface area contributed by atoms with E-state index in [0.717, 1.165) is 6.42 Å². The van der Waals surface area contributed by atoms with E-state index in [1.165, 1.54) is 12.4 Å². The average Bonchev–Trinajstić information content (AvgIpc) is 2.73. The number of carbonyl (C=O) groups is 2. The van der Waals surface area contributed by atoms with Crippen molar-refractivity contribution < 1.29 is 9.59 Å². The molecule has 17 heavy (non-hydrogen) atoms. The minimum Gasteiger partial charge on any atom is -0.352 e. The lowest BCUT2D eigenvalue weighted by Crippen LogP contribution is -2.38. The third-order valence-electron chi connectivity index (χ3n) is 2.61. The summed E-state index contributed by atoms with van der Waals surface area (Å²) in [6.07, 6.45) is 4.21. The molecule has 0 radical (unpaired) electrons. The summed E-state index contributed by atoms with van der Waals surface area (Å²) < 4.78 is 0. The van der Waals surface area contributed by atoms with Gasteiger partial charge in [0.25, 0.3) is 5.91 Å². The number of pyridine rings is 1. The van der Waals surface area contributed by atoms with Gasteiger partial charge in [-0.05, 0) is 12.5 Å². The van der Waals surface area contributed by atoms with Gasteiger partial charge in [-0.25, -0.2) is 0 Å². The van der Waals surface area contributed by atoms with Crippen LogP contribution in [0, 0.1) is 0 Å². The van der Waals surface area contributed by atoms with Crippen molar-refractivity contribution in [2.75, 3.05) is 6.54 Å². The molecule has 0 bridgehead atoms. The zero-order valence-corrected chi connectivity index (χ0v) is 9.83. The van der Waals surface area contributed by atoms with Crippen molar-refractivity contribution in [2.24, 2.45) is 0 Å². The Hall–Kier alpha value is -1.62. The van der Waals surface area contributed by atoms with Gasteiger partial charge in [-0.15, -0.1) is 0 Å². The van der Waals surface area contributed by atoms with Gasteiger partial charge in [-0.2, -0.15) is 0 Å². The molecule has 6 heteroatoms. The van der Waals surface area contributed by atoms with Crippen LogP contribution in [0.2, 0.25) is 5.02 Å². The number of hydrogen-bond acceptors (Lipinski definition) is 3. The zero-order chi connectivity index (χ0) is 12.3. The second-order valence-electron chi connectivity index (χ2n) is 3.87. The zero-order valence-electron chi connectivity index (χ0n) is 9.07. The van der Waals surface area contributed by atoms with Gasteiger partial charge in [0.15, 0.2) is 0 Å². The lowest BCUT2D eigenvalue weighted by molar-refractivity contribution is -0.119. The Morgan fingerprint density at radius 2 is 2.47 bits per heavy atom. The van der Waals surface area contributed by atoms with E-state index in [2.05, 4.69) is 15.6 Å². The van der Waals surface area contributed by atoms with Gasteiger partial charge in [0, 0.05) is 31.4 Å². The van der Waals surface area contributed by atoms with Crippen LogP contribution >= 0.6 is 11.6 Å². The van der Waals surface area contributed by atoms with E-state index in [9.17, 15) is 9.59 Å². The van der Waals surface area contributed by atoms with Crippen molar-refractivity contribution in [1.82, 2.24) is 15.6 Å². The highest BCUT2D eigenvalue weighted by atomic mass is 35.5. The van der Waals surface area contributed by atoms with Gasteiger partial charge < -0.3 is 10.6 Å². The molecule has 90 valence electrons. The molecule has 0 aromatic carbocycles. The van der Waals surface area contributed by atoms with E-state index in [1.807, 2.05) is 0 Å². The first-order chi connectivity index (χ1) is 8.16. The molecule has 1 aliphatic rings. The summed E-state index contributed by atoms with van der Waals surface area (Å²) >= 11 is 5.84. The largest absolute Gasteiger partial charge is 0.352 e. The molecule has 1 aromatic rings. The van der Waals surface area contributed by atoms with E-state index in [4.69, 9.17) is 11.6 Å². The fraction of sp³-hybridized carbons (Fsp3) is 0.364. The number of nitrogens with zero attached hydrogens (tertiary/aromatic N) is 1. The topological polar surface area (TPSA) is 71.1 Å². The number of rotatable bonds is 3. The Balaban J connectivity index is 1.90. The molecule has 2 amide bonds. The molecular weight excluding hydrogens is 242 g/mol. The fourth-order valence-electron chi connectivity index (χ4n) is 1.70. The third-order valence-corrected chi connectivity index (χ3v) is 2.91. The first kappa shape index (κ1) is 11.9. The van der Waals surface area contributed by atoms with Crippen LogP contribution in [0.15, 0.2) is 18.5 Å². The maximum atomic E-state index is 11.8. The van der Waals surface area contributed by atoms with Gasteiger partial charge in [0.1, 0.15) is 0 Å². The van der Waals surface area contributed by atoms with Crippen molar-refractivity contribution in [3.8, 4) is 0 Å². The molecule has 2 N–H and O–H groups in total. The molecule has 1 aliphatic heterocycles. The molecule has 5 nitrogen and oxygen atoms in total. The van der Waals surface area contributed by atoms with Crippen LogP contribution in [0.4, 0.5) is 0 Å². The van der Waals surface area contributed by atoms with Gasteiger partial charge >= 0.3 is 0 Å². The number of aromatic nitrogens is 1. The van der Waals surface area contributed by atoms with Crippen molar-refractivity contribution in [3.63, 3.8) is 0 Å². The van der Waals surface area contributed by atoms with Crippen LogP contribution in [0.25, 0.3) is 0 Å². The quantitative estimate of drug-likeness (QED) is 0.835. The van der Waals surface area contributed by atoms with E-state index < -0.39 is 0 Å². The fourth-order valence-corrected chi connectivity index (χ4v) is 1.91. The number of amides is 2. The molecule has 1 atom stereocenters. The standard InChI is InChI=1S/C11H12ClN3O2/c12-9-6-13-4-3-8(9)11(17)14-5-7-1-2-10(16)15-7/h3-4,6-7H,1-2,5H2,(H,14,17)(H,15,16). The van der Waals surface area contributed by atoms with Crippen molar-refractivity contribution in [1.29, 1.82) is 0 Å². The summed E-state index contributed by atoms with van der Waals surface area (Å²) in [6, 6.07) is 1.58. The number of hydrogen-bond donors (Lipinski definition) is 2. The first-order valence-corrected chi connectivity index (χ1v) is 5.71. The molecule has 2 rings (SSSR count). The molecule has 1 saturated heterocycles. The molecule has 0 saturated carbocycles. The monoisotopic (exact) mass is 253 g/mol. The van der Waals surface area contributed by atoms with E-state index in [1.54, 1.807) is 6.07 Å². The maximum Gasteiger partial charge on any atom is 0.252 e. The van der Waals surface area contributed by atoms with Crippen molar-refractivity contribution in [2.45, 2.75) is 18.9 Å². The molecule has 1 unspecified atom stereocenters. The van der Waals surface area contributed by atoms with Crippen LogP contribution in [0.1, 0.15) is 23.2 Å². The molecule has 0 aliphatic carbocycles. The van der Waals surface area contributed by atoms with Gasteiger partial charge in [0.2, 0.25) is 5.91 Å². The highest BCUT2D eigenvalue weighted by Gasteiger charge is 2.21. The van der Waals surface area contributed by atoms with E-state index in [0.29, 0.717) is 23.6 Å². The Labute approximate surface area is 104 Å². The van der Waals surface area contributed by atoms with Gasteiger partial charge in [-0.1, -0.05) is 11.6 Å². The predicted octanol–water partition coefficient (Wildman–Crippen LogP) is 0.743. The normalized spacial score (nSPS) is 18.9. The maximum absolute atomic E-state index is 11.8. The number of halogens is 1. The molecule has 1 fully saturated rings. The van der Waals surface area contributed by atoms with E-state index in [-0.39, 0.29) is 17.9 Å². The van der Waals surface area contributed by atoms with E-state index >= 15 is 0 Å². The summed E-state index contributed by atoms with van der Waals surface area (Å²) in [5, 5.41) is 5.83. The van der Waals surface area contributed by atoms with Crippen molar-refractivity contribution >= 4 is 23.4 Å². The summed E-state index contributed by atoms with van der Waals surface area (Å²) in [5.74, 6) is -0.218. The first-order valence-electron chi connectivity index (χ1n) is 5.34. The number of carbonyl (C=O) groups excluding carboxylic acids is 2. The Kier molecular flexibility index (Phi) is 3.58. The van der Waals surface area contributed by atoms with Crippen molar-refractivity contribution in [3.05, 3.63) is 29.0 Å². The predicted molar refractivity (Wildman–Crippen MR) is 62.7 cm³/mol. The molecule has 0 spiro atoms. The second kappa shape index (κ2) is 5.14. The lowest BCUT2D eigenvalue weighted by atomic mass is 10.2. The summed E-state index contributed by atoms with van der Waals surface area (Å²) in [6.45, 7) is 0.420. The minimum atomic E-state index is -0.251. The highest BCUT2D eigenvalue weighted by Crippen LogP contribution is 2.13. The minimum absolute atomic E-state index is 0.0204. The summed E-state index contributed by atoms with van der Waals surface area (Å²) in [5.41, 5.74) is 0.394. The van der Waals surface area contributed by atoms with Crippen LogP contribution < -0.4 is 10.6 Å². The average molecular weight is 254 g/mol. The van der Waals surface area contributed by atoms with Gasteiger partial charge in [-0.3, -0.25) is 14.6 Å². The van der Waals surface area contributed by atoms with Crippen LogP contribution in [0.5, 0.6) is 0 Å². The lowest BCUT2D eigenvalue weighted by Gasteiger charge is -2.11. The van der Waals surface area contributed by atoms with Crippen LogP contribution in [0.3, 0.4) is 0 Å². The Morgan fingerprint density at radius 1 is 1.65 bits per heavy atom. The number of nitrogens with one attached hydrogen (secondary N) is 2. The highest BCUT2D eigenvalue weighted by molar-refractivity contribution is 6.33. The van der Waals surface area contributed by atoms with Crippen LogP contribution in [-0.2, 0) is 4.79 Å². The molecular formula is C11H12ClN3O2. The molecule has 1 aromatic heterocycles. The Morgan fingerprint density at radius 3 is 3.12 bits per heavy atom. The Bertz CT molecular complexity index is 450. The summed E-state index contributed by atoms with van der Waals surface area (Å²) in [4.78, 5) is 26.5. The SMILES string of the molecule is O=C1CCC(CNC(=O)c2ccncc2Cl)N1. The second-order valence-corrected chi connectivity index (χ2v) is 4.28. The smallest absolute Gasteiger partial charge is 0.252 e. The molecule has 2 heterocycles. The van der Waals surface area contributed by atoms with Crippen LogP contribution in [-0.4, -0.2) is 29.4 Å². The third kappa shape index (κ3) is 2.94. The summed E-state index contributed by atoms with van der Waals surface area (Å²) in [7, 11) is 0. The van der Waals surface area contributed by atoms with Gasteiger partial charge in [0.05, 0.1) is 10.6 Å².